The molecule has 2 rings (SSSR count). The van der Waals surface area contributed by atoms with E-state index in [9.17, 15) is 9.90 Å². The van der Waals surface area contributed by atoms with Crippen LogP contribution in [0.25, 0.3) is 11.1 Å². The van der Waals surface area contributed by atoms with E-state index in [-0.39, 0.29) is 5.56 Å². The van der Waals surface area contributed by atoms with Crippen LogP contribution in [0.2, 0.25) is 0 Å². The fraction of sp³-hybridized carbons (Fsp3) is 0.0714. The molecule has 0 aliphatic heterocycles. The second-order valence-electron chi connectivity index (χ2n) is 3.70. The quantitative estimate of drug-likeness (QED) is 0.937. The molecule has 0 aliphatic carbocycles. The Morgan fingerprint density at radius 1 is 1.17 bits per heavy atom. The van der Waals surface area contributed by atoms with Crippen LogP contribution in [0.15, 0.2) is 46.9 Å². The van der Waals surface area contributed by atoms with E-state index in [4.69, 9.17) is 4.74 Å². The molecule has 92 valence electrons. The van der Waals surface area contributed by atoms with Crippen molar-refractivity contribution >= 4 is 21.9 Å². The lowest BCUT2D eigenvalue weighted by Gasteiger charge is -2.08. The summed E-state index contributed by atoms with van der Waals surface area (Å²) in [6.07, 6.45) is 0. The zero-order valence-electron chi connectivity index (χ0n) is 9.68. The van der Waals surface area contributed by atoms with Crippen molar-refractivity contribution in [3.05, 3.63) is 52.5 Å². The van der Waals surface area contributed by atoms with Gasteiger partial charge in [0.15, 0.2) is 0 Å². The van der Waals surface area contributed by atoms with E-state index >= 15 is 0 Å². The molecule has 4 heteroatoms. The van der Waals surface area contributed by atoms with E-state index in [0.717, 1.165) is 11.3 Å². The number of carbonyl (C=O) groups is 1. The summed E-state index contributed by atoms with van der Waals surface area (Å²) in [6.45, 7) is 0. The summed E-state index contributed by atoms with van der Waals surface area (Å²) >= 11 is 3.27. The second kappa shape index (κ2) is 5.23. The number of hydrogen-bond donors (Lipinski definition) is 1. The molecule has 2 aromatic carbocycles. The summed E-state index contributed by atoms with van der Waals surface area (Å²) < 4.78 is 5.65. The summed E-state index contributed by atoms with van der Waals surface area (Å²) in [5.74, 6) is -0.209. The number of carboxylic acids is 1. The van der Waals surface area contributed by atoms with Gasteiger partial charge in [0.05, 0.1) is 12.7 Å². The summed E-state index contributed by atoms with van der Waals surface area (Å²) in [4.78, 5) is 11.3. The van der Waals surface area contributed by atoms with Crippen molar-refractivity contribution in [3.63, 3.8) is 0 Å². The first kappa shape index (κ1) is 12.6. The molecule has 0 bridgehead atoms. The maximum atomic E-state index is 11.3. The van der Waals surface area contributed by atoms with Crippen molar-refractivity contribution in [2.45, 2.75) is 0 Å². The summed E-state index contributed by atoms with van der Waals surface area (Å²) in [5, 5.41) is 9.25. The Balaban J connectivity index is 2.56. The molecule has 0 aliphatic rings. The minimum Gasteiger partial charge on any atom is -0.497 e. The largest absolute Gasteiger partial charge is 0.497 e. The summed E-state index contributed by atoms with van der Waals surface area (Å²) in [7, 11) is 1.59. The SMILES string of the molecule is COc1ccc(-c2cccc(Br)c2C(=O)O)cc1. The van der Waals surface area contributed by atoms with Gasteiger partial charge >= 0.3 is 5.97 Å². The van der Waals surface area contributed by atoms with Crippen LogP contribution in [-0.4, -0.2) is 18.2 Å². The van der Waals surface area contributed by atoms with Gasteiger partial charge in [0.1, 0.15) is 5.75 Å². The van der Waals surface area contributed by atoms with Gasteiger partial charge in [-0.15, -0.1) is 0 Å². The lowest BCUT2D eigenvalue weighted by Crippen LogP contribution is -2.00. The predicted molar refractivity (Wildman–Crippen MR) is 73.1 cm³/mol. The highest BCUT2D eigenvalue weighted by Crippen LogP contribution is 2.30. The smallest absolute Gasteiger partial charge is 0.337 e. The average Bonchev–Trinajstić information content (AvgIpc) is 2.38. The highest BCUT2D eigenvalue weighted by atomic mass is 79.9. The topological polar surface area (TPSA) is 46.5 Å². The van der Waals surface area contributed by atoms with E-state index in [1.165, 1.54) is 0 Å². The van der Waals surface area contributed by atoms with E-state index in [0.29, 0.717) is 10.0 Å². The third-order valence-corrected chi connectivity index (χ3v) is 3.29. The van der Waals surface area contributed by atoms with E-state index in [2.05, 4.69) is 15.9 Å². The monoisotopic (exact) mass is 306 g/mol. The van der Waals surface area contributed by atoms with Crippen molar-refractivity contribution in [1.82, 2.24) is 0 Å². The Labute approximate surface area is 113 Å². The molecule has 0 saturated carbocycles. The number of ether oxygens (including phenoxy) is 1. The average molecular weight is 307 g/mol. The van der Waals surface area contributed by atoms with Crippen LogP contribution in [0.5, 0.6) is 5.75 Å². The third-order valence-electron chi connectivity index (χ3n) is 2.63. The van der Waals surface area contributed by atoms with Crippen molar-refractivity contribution in [3.8, 4) is 16.9 Å². The van der Waals surface area contributed by atoms with Gasteiger partial charge in [-0.3, -0.25) is 0 Å². The molecule has 0 spiro atoms. The minimum absolute atomic E-state index is 0.266. The maximum Gasteiger partial charge on any atom is 0.337 e. The molecule has 0 saturated heterocycles. The van der Waals surface area contributed by atoms with Crippen LogP contribution in [0.1, 0.15) is 10.4 Å². The van der Waals surface area contributed by atoms with Gasteiger partial charge < -0.3 is 9.84 Å². The Kier molecular flexibility index (Phi) is 3.67. The summed E-state index contributed by atoms with van der Waals surface area (Å²) in [5.41, 5.74) is 1.79. The molecular weight excluding hydrogens is 296 g/mol. The molecule has 3 nitrogen and oxygen atoms in total. The van der Waals surface area contributed by atoms with Crippen LogP contribution in [-0.2, 0) is 0 Å². The first-order valence-corrected chi connectivity index (χ1v) is 6.09. The van der Waals surface area contributed by atoms with E-state index in [1.54, 1.807) is 19.2 Å². The highest BCUT2D eigenvalue weighted by Gasteiger charge is 2.14. The standard InChI is InChI=1S/C14H11BrO3/c1-18-10-7-5-9(6-8-10)11-3-2-4-12(15)13(11)14(16)17/h2-8H,1H3,(H,16,17). The molecule has 0 atom stereocenters. The Morgan fingerprint density at radius 3 is 2.39 bits per heavy atom. The van der Waals surface area contributed by atoms with Gasteiger partial charge in [-0.1, -0.05) is 24.3 Å². The fourth-order valence-electron chi connectivity index (χ4n) is 1.75. The molecular formula is C14H11BrO3. The van der Waals surface area contributed by atoms with E-state index < -0.39 is 5.97 Å². The lowest BCUT2D eigenvalue weighted by atomic mass is 10.00. The summed E-state index contributed by atoms with van der Waals surface area (Å²) in [6, 6.07) is 12.6. The number of aromatic carboxylic acids is 1. The van der Waals surface area contributed by atoms with Crippen LogP contribution in [0.4, 0.5) is 0 Å². The predicted octanol–water partition coefficient (Wildman–Crippen LogP) is 3.82. The van der Waals surface area contributed by atoms with Crippen LogP contribution < -0.4 is 4.74 Å². The highest BCUT2D eigenvalue weighted by molar-refractivity contribution is 9.10. The van der Waals surface area contributed by atoms with Crippen molar-refractivity contribution in [1.29, 1.82) is 0 Å². The molecule has 0 heterocycles. The van der Waals surface area contributed by atoms with Gasteiger partial charge in [0.2, 0.25) is 0 Å². The number of benzene rings is 2. The normalized spacial score (nSPS) is 10.1. The number of rotatable bonds is 3. The van der Waals surface area contributed by atoms with Gasteiger partial charge in [0, 0.05) is 4.47 Å². The second-order valence-corrected chi connectivity index (χ2v) is 4.55. The van der Waals surface area contributed by atoms with Crippen molar-refractivity contribution in [2.75, 3.05) is 7.11 Å². The minimum atomic E-state index is -0.951. The first-order valence-electron chi connectivity index (χ1n) is 5.29. The molecule has 0 unspecified atom stereocenters. The maximum absolute atomic E-state index is 11.3. The van der Waals surface area contributed by atoms with Crippen LogP contribution in [0.3, 0.4) is 0 Å². The van der Waals surface area contributed by atoms with Gasteiger partial charge in [-0.2, -0.15) is 0 Å². The van der Waals surface area contributed by atoms with Crippen molar-refractivity contribution < 1.29 is 14.6 Å². The zero-order chi connectivity index (χ0) is 13.1. The number of carboxylic acid groups (broad SMARTS) is 1. The molecule has 2 aromatic rings. The Hall–Kier alpha value is -1.81. The molecule has 18 heavy (non-hydrogen) atoms. The van der Waals surface area contributed by atoms with Crippen molar-refractivity contribution in [2.24, 2.45) is 0 Å². The van der Waals surface area contributed by atoms with Gasteiger partial charge in [-0.25, -0.2) is 4.79 Å². The third kappa shape index (κ3) is 2.38. The van der Waals surface area contributed by atoms with Crippen LogP contribution >= 0.6 is 15.9 Å². The molecule has 1 N–H and O–H groups in total. The first-order chi connectivity index (χ1) is 8.63. The fourth-order valence-corrected chi connectivity index (χ4v) is 2.29. The lowest BCUT2D eigenvalue weighted by molar-refractivity contribution is 0.0697. The molecule has 0 fully saturated rings. The Morgan fingerprint density at radius 2 is 1.83 bits per heavy atom. The van der Waals surface area contributed by atoms with Gasteiger partial charge in [0.25, 0.3) is 0 Å². The number of halogens is 1. The number of hydrogen-bond acceptors (Lipinski definition) is 2. The molecule has 0 amide bonds. The van der Waals surface area contributed by atoms with Crippen LogP contribution in [0, 0.1) is 0 Å². The Bertz CT molecular complexity index is 576. The number of methoxy groups -OCH3 is 1. The molecule has 0 radical (unpaired) electrons. The van der Waals surface area contributed by atoms with Gasteiger partial charge in [-0.05, 0) is 45.3 Å². The molecule has 0 aromatic heterocycles. The van der Waals surface area contributed by atoms with E-state index in [1.807, 2.05) is 30.3 Å². The zero-order valence-corrected chi connectivity index (χ0v) is 11.3.